The molecule has 0 aromatic heterocycles. The average Bonchev–Trinajstić information content (AvgIpc) is 2.73. The minimum atomic E-state index is 0.368. The van der Waals surface area contributed by atoms with Gasteiger partial charge >= 0.3 is 0 Å². The van der Waals surface area contributed by atoms with Gasteiger partial charge in [-0.15, -0.1) is 0 Å². The molecule has 0 aromatic rings. The van der Waals surface area contributed by atoms with Crippen LogP contribution in [0, 0.1) is 0 Å². The largest absolute Gasteiger partial charge is 0.383 e. The highest BCUT2D eigenvalue weighted by Gasteiger charge is 2.34. The maximum Gasteiger partial charge on any atom is 0.0589 e. The van der Waals surface area contributed by atoms with Gasteiger partial charge in [0.25, 0.3) is 0 Å². The van der Waals surface area contributed by atoms with E-state index in [-0.39, 0.29) is 0 Å². The molecule has 0 spiro atoms. The standard InChI is InChI=1S/C14H30N2O/c1-5-7-14(8-6-9-15-14)12-16(13(2)3)10-11-17-4/h13,15H,5-12H2,1-4H3. The van der Waals surface area contributed by atoms with Crippen LogP contribution in [0.1, 0.15) is 46.5 Å². The molecule has 0 aliphatic carbocycles. The quantitative estimate of drug-likeness (QED) is 0.706. The Hall–Kier alpha value is -0.120. The second kappa shape index (κ2) is 7.34. The molecule has 1 atom stereocenters. The van der Waals surface area contributed by atoms with E-state index in [4.69, 9.17) is 4.74 Å². The smallest absolute Gasteiger partial charge is 0.0589 e. The number of rotatable bonds is 8. The van der Waals surface area contributed by atoms with Crippen LogP contribution in [0.25, 0.3) is 0 Å². The molecule has 1 saturated heterocycles. The summed E-state index contributed by atoms with van der Waals surface area (Å²) in [5, 5.41) is 3.75. The summed E-state index contributed by atoms with van der Waals surface area (Å²) in [4.78, 5) is 2.55. The maximum atomic E-state index is 5.22. The van der Waals surface area contributed by atoms with Crippen molar-refractivity contribution in [2.45, 2.75) is 58.0 Å². The zero-order chi connectivity index (χ0) is 12.7. The van der Waals surface area contributed by atoms with Gasteiger partial charge in [-0.2, -0.15) is 0 Å². The number of ether oxygens (including phenoxy) is 1. The topological polar surface area (TPSA) is 24.5 Å². The Bertz CT molecular complexity index is 200. The molecule has 3 heteroatoms. The van der Waals surface area contributed by atoms with Crippen LogP contribution in [-0.2, 0) is 4.74 Å². The first-order chi connectivity index (χ1) is 8.13. The van der Waals surface area contributed by atoms with Gasteiger partial charge < -0.3 is 10.1 Å². The van der Waals surface area contributed by atoms with Gasteiger partial charge in [-0.05, 0) is 39.7 Å². The van der Waals surface area contributed by atoms with Crippen molar-refractivity contribution < 1.29 is 4.74 Å². The van der Waals surface area contributed by atoms with Crippen molar-refractivity contribution in [2.24, 2.45) is 0 Å². The third kappa shape index (κ3) is 4.57. The molecule has 102 valence electrons. The fourth-order valence-electron chi connectivity index (χ4n) is 2.89. The van der Waals surface area contributed by atoms with Crippen LogP contribution in [-0.4, -0.2) is 49.8 Å². The van der Waals surface area contributed by atoms with Crippen molar-refractivity contribution in [1.82, 2.24) is 10.2 Å². The van der Waals surface area contributed by atoms with Crippen molar-refractivity contribution in [2.75, 3.05) is 33.4 Å². The normalized spacial score (nSPS) is 25.1. The van der Waals surface area contributed by atoms with E-state index in [1.807, 2.05) is 0 Å². The first-order valence-electron chi connectivity index (χ1n) is 7.11. The van der Waals surface area contributed by atoms with Gasteiger partial charge in [-0.3, -0.25) is 4.90 Å². The molecule has 1 aliphatic rings. The molecule has 1 rings (SSSR count). The van der Waals surface area contributed by atoms with Crippen molar-refractivity contribution in [1.29, 1.82) is 0 Å². The Morgan fingerprint density at radius 1 is 1.41 bits per heavy atom. The lowest BCUT2D eigenvalue weighted by Crippen LogP contribution is -2.52. The number of hydrogen-bond donors (Lipinski definition) is 1. The first kappa shape index (κ1) is 14.9. The highest BCUT2D eigenvalue weighted by atomic mass is 16.5. The van der Waals surface area contributed by atoms with Gasteiger partial charge in [-0.1, -0.05) is 13.3 Å². The molecule has 0 radical (unpaired) electrons. The van der Waals surface area contributed by atoms with Crippen LogP contribution in [0.15, 0.2) is 0 Å². The van der Waals surface area contributed by atoms with Crippen molar-refractivity contribution in [3.8, 4) is 0 Å². The molecule has 0 amide bonds. The van der Waals surface area contributed by atoms with E-state index in [0.29, 0.717) is 11.6 Å². The average molecular weight is 242 g/mol. The molecule has 17 heavy (non-hydrogen) atoms. The van der Waals surface area contributed by atoms with Gasteiger partial charge in [0.15, 0.2) is 0 Å². The summed E-state index contributed by atoms with van der Waals surface area (Å²) in [5.41, 5.74) is 0.368. The summed E-state index contributed by atoms with van der Waals surface area (Å²) in [7, 11) is 1.79. The first-order valence-corrected chi connectivity index (χ1v) is 7.11. The van der Waals surface area contributed by atoms with Gasteiger partial charge in [-0.25, -0.2) is 0 Å². The summed E-state index contributed by atoms with van der Waals surface area (Å²) >= 11 is 0. The second-order valence-electron chi connectivity index (χ2n) is 5.62. The molecule has 1 fully saturated rings. The van der Waals surface area contributed by atoms with E-state index in [1.165, 1.54) is 38.8 Å². The predicted molar refractivity (Wildman–Crippen MR) is 73.5 cm³/mol. The Morgan fingerprint density at radius 2 is 2.18 bits per heavy atom. The number of hydrogen-bond acceptors (Lipinski definition) is 3. The van der Waals surface area contributed by atoms with E-state index >= 15 is 0 Å². The molecule has 0 bridgehead atoms. The molecular formula is C14H30N2O. The third-order valence-electron chi connectivity index (χ3n) is 3.88. The molecule has 3 nitrogen and oxygen atoms in total. The maximum absolute atomic E-state index is 5.22. The highest BCUT2D eigenvalue weighted by molar-refractivity contribution is 4.95. The van der Waals surface area contributed by atoms with Crippen molar-refractivity contribution in [3.05, 3.63) is 0 Å². The molecule has 1 N–H and O–H groups in total. The molecule has 1 unspecified atom stereocenters. The van der Waals surface area contributed by atoms with Gasteiger partial charge in [0, 0.05) is 31.8 Å². The second-order valence-corrected chi connectivity index (χ2v) is 5.62. The molecule has 1 aliphatic heterocycles. The van der Waals surface area contributed by atoms with Gasteiger partial charge in [0.2, 0.25) is 0 Å². The Morgan fingerprint density at radius 3 is 2.65 bits per heavy atom. The molecule has 0 saturated carbocycles. The van der Waals surface area contributed by atoms with Gasteiger partial charge in [0.05, 0.1) is 6.61 Å². The zero-order valence-electron chi connectivity index (χ0n) is 12.1. The minimum Gasteiger partial charge on any atom is -0.383 e. The predicted octanol–water partition coefficient (Wildman–Crippen LogP) is 2.27. The Balaban J connectivity index is 2.55. The lowest BCUT2D eigenvalue weighted by atomic mass is 9.91. The van der Waals surface area contributed by atoms with E-state index < -0.39 is 0 Å². The Kier molecular flexibility index (Phi) is 6.45. The van der Waals surface area contributed by atoms with E-state index in [9.17, 15) is 0 Å². The summed E-state index contributed by atoms with van der Waals surface area (Å²) in [5.74, 6) is 0. The highest BCUT2D eigenvalue weighted by Crippen LogP contribution is 2.26. The lowest BCUT2D eigenvalue weighted by molar-refractivity contribution is 0.101. The van der Waals surface area contributed by atoms with Crippen LogP contribution >= 0.6 is 0 Å². The van der Waals surface area contributed by atoms with E-state index in [1.54, 1.807) is 7.11 Å². The summed E-state index contributed by atoms with van der Waals surface area (Å²) in [6.45, 7) is 11.1. The molecule has 1 heterocycles. The summed E-state index contributed by atoms with van der Waals surface area (Å²) < 4.78 is 5.22. The van der Waals surface area contributed by atoms with Crippen LogP contribution in [0.5, 0.6) is 0 Å². The number of nitrogens with zero attached hydrogens (tertiary/aromatic N) is 1. The molecule has 0 aromatic carbocycles. The fraction of sp³-hybridized carbons (Fsp3) is 1.00. The van der Waals surface area contributed by atoms with E-state index in [0.717, 1.165) is 13.2 Å². The monoisotopic (exact) mass is 242 g/mol. The van der Waals surface area contributed by atoms with Crippen LogP contribution in [0.3, 0.4) is 0 Å². The number of nitrogens with one attached hydrogen (secondary N) is 1. The van der Waals surface area contributed by atoms with Crippen LogP contribution in [0.2, 0.25) is 0 Å². The van der Waals surface area contributed by atoms with E-state index in [2.05, 4.69) is 31.0 Å². The Labute approximate surface area is 107 Å². The third-order valence-corrected chi connectivity index (χ3v) is 3.88. The van der Waals surface area contributed by atoms with Crippen LogP contribution in [0.4, 0.5) is 0 Å². The molecular weight excluding hydrogens is 212 g/mol. The SMILES string of the molecule is CCCC1(CN(CCOC)C(C)C)CCCN1. The van der Waals surface area contributed by atoms with Crippen LogP contribution < -0.4 is 5.32 Å². The zero-order valence-corrected chi connectivity index (χ0v) is 12.1. The van der Waals surface area contributed by atoms with Crippen molar-refractivity contribution >= 4 is 0 Å². The summed E-state index contributed by atoms with van der Waals surface area (Å²) in [6, 6.07) is 0.598. The van der Waals surface area contributed by atoms with Crippen molar-refractivity contribution in [3.63, 3.8) is 0 Å². The summed E-state index contributed by atoms with van der Waals surface area (Å²) in [6.07, 6.45) is 5.22. The minimum absolute atomic E-state index is 0.368. The number of methoxy groups -OCH3 is 1. The lowest BCUT2D eigenvalue weighted by Gasteiger charge is -2.37. The van der Waals surface area contributed by atoms with Gasteiger partial charge in [0.1, 0.15) is 0 Å². The fourth-order valence-corrected chi connectivity index (χ4v) is 2.89.